The number of aromatic nitrogens is 1. The Balaban J connectivity index is 2.35. The maximum atomic E-state index is 11.5. The number of unbranched alkanes of at least 4 members (excludes halogenated alkanes) is 9. The van der Waals surface area contributed by atoms with Crippen LogP contribution in [0, 0.1) is 6.92 Å². The van der Waals surface area contributed by atoms with E-state index in [1.54, 1.807) is 6.20 Å². The van der Waals surface area contributed by atoms with Crippen LogP contribution in [0.2, 0.25) is 5.15 Å². The van der Waals surface area contributed by atoms with Crippen molar-refractivity contribution in [2.24, 2.45) is 0 Å². The molecule has 1 rings (SSSR count). The minimum absolute atomic E-state index is 0.424. The van der Waals surface area contributed by atoms with Gasteiger partial charge >= 0.3 is 5.97 Å². The molecule has 0 aliphatic carbocycles. The molecule has 1 aromatic rings. The second kappa shape index (κ2) is 12.9. The largest absolute Gasteiger partial charge is 0.423 e. The van der Waals surface area contributed by atoms with E-state index in [-0.39, 0.29) is 0 Å². The average Bonchev–Trinajstić information content (AvgIpc) is 2.61. The molecule has 0 fully saturated rings. The molecule has 0 bridgehead atoms. The van der Waals surface area contributed by atoms with Crippen LogP contribution in [0.15, 0.2) is 18.9 Å². The number of rotatable bonds is 13. The van der Waals surface area contributed by atoms with E-state index in [0.717, 1.165) is 36.5 Å². The maximum Gasteiger partial charge on any atom is 0.335 e. The predicted octanol–water partition coefficient (Wildman–Crippen LogP) is 6.60. The van der Waals surface area contributed by atoms with Crippen LogP contribution in [-0.2, 0) is 11.2 Å². The maximum absolute atomic E-state index is 11.5. The van der Waals surface area contributed by atoms with Crippen LogP contribution >= 0.6 is 11.6 Å². The molecule has 0 aromatic carbocycles. The topological polar surface area (TPSA) is 39.2 Å². The summed E-state index contributed by atoms with van der Waals surface area (Å²) in [4.78, 5) is 15.7. The van der Waals surface area contributed by atoms with E-state index in [1.165, 1.54) is 51.4 Å². The fraction of sp³-hybridized carbons (Fsp3) is 0.619. The number of nitrogens with zero attached hydrogens (tertiary/aromatic N) is 1. The average molecular weight is 366 g/mol. The number of carbonyl (C=O) groups is 1. The molecule has 4 heteroatoms. The summed E-state index contributed by atoms with van der Waals surface area (Å²) >= 11 is 6.22. The molecular weight excluding hydrogens is 334 g/mol. The smallest absolute Gasteiger partial charge is 0.335 e. The summed E-state index contributed by atoms with van der Waals surface area (Å²) in [6, 6.07) is 0. The lowest BCUT2D eigenvalue weighted by atomic mass is 10.0. The standard InChI is InChI=1S/C21H32ClNO2/c1-4-6-7-8-9-10-11-12-13-14-15-18-20(25-19(24)5-2)17(3)16-23-21(18)22/h5,16H,2,4,6-15H2,1,3H3. The van der Waals surface area contributed by atoms with Gasteiger partial charge in [-0.3, -0.25) is 0 Å². The Labute approximate surface area is 157 Å². The van der Waals surface area contributed by atoms with Gasteiger partial charge in [0, 0.05) is 23.4 Å². The van der Waals surface area contributed by atoms with Gasteiger partial charge in [0.1, 0.15) is 10.9 Å². The molecule has 0 atom stereocenters. The van der Waals surface area contributed by atoms with Crippen LogP contribution in [-0.4, -0.2) is 11.0 Å². The molecule has 25 heavy (non-hydrogen) atoms. The third-order valence-electron chi connectivity index (χ3n) is 4.40. The zero-order valence-corrected chi connectivity index (χ0v) is 16.5. The summed E-state index contributed by atoms with van der Waals surface area (Å²) in [7, 11) is 0. The SMILES string of the molecule is C=CC(=O)Oc1c(C)cnc(Cl)c1CCCCCCCCCCCC. The van der Waals surface area contributed by atoms with E-state index in [0.29, 0.717) is 10.9 Å². The molecule has 0 aliphatic heterocycles. The van der Waals surface area contributed by atoms with E-state index in [2.05, 4.69) is 18.5 Å². The van der Waals surface area contributed by atoms with Gasteiger partial charge in [-0.2, -0.15) is 0 Å². The number of hydrogen-bond donors (Lipinski definition) is 0. The van der Waals surface area contributed by atoms with Crippen molar-refractivity contribution < 1.29 is 9.53 Å². The molecule has 1 heterocycles. The van der Waals surface area contributed by atoms with Gasteiger partial charge in [0.2, 0.25) is 0 Å². The lowest BCUT2D eigenvalue weighted by molar-refractivity contribution is -0.129. The monoisotopic (exact) mass is 365 g/mol. The Morgan fingerprint density at radius 1 is 1.12 bits per heavy atom. The van der Waals surface area contributed by atoms with Crippen molar-refractivity contribution in [2.75, 3.05) is 0 Å². The van der Waals surface area contributed by atoms with Gasteiger partial charge in [-0.25, -0.2) is 9.78 Å². The Morgan fingerprint density at radius 3 is 2.24 bits per heavy atom. The zero-order chi connectivity index (χ0) is 18.5. The Morgan fingerprint density at radius 2 is 1.68 bits per heavy atom. The highest BCUT2D eigenvalue weighted by molar-refractivity contribution is 6.30. The molecule has 0 radical (unpaired) electrons. The number of esters is 1. The van der Waals surface area contributed by atoms with Gasteiger partial charge in [-0.1, -0.05) is 82.9 Å². The third-order valence-corrected chi connectivity index (χ3v) is 4.73. The summed E-state index contributed by atoms with van der Waals surface area (Å²) in [5, 5.41) is 0.424. The van der Waals surface area contributed by atoms with Gasteiger partial charge in [-0.05, 0) is 19.8 Å². The van der Waals surface area contributed by atoms with E-state index >= 15 is 0 Å². The molecule has 0 saturated carbocycles. The van der Waals surface area contributed by atoms with E-state index in [9.17, 15) is 4.79 Å². The van der Waals surface area contributed by atoms with Gasteiger partial charge in [-0.15, -0.1) is 0 Å². The first-order chi connectivity index (χ1) is 12.1. The van der Waals surface area contributed by atoms with Crippen LogP contribution in [0.5, 0.6) is 5.75 Å². The zero-order valence-electron chi connectivity index (χ0n) is 15.8. The fourth-order valence-corrected chi connectivity index (χ4v) is 3.14. The van der Waals surface area contributed by atoms with Crippen molar-refractivity contribution in [3.63, 3.8) is 0 Å². The van der Waals surface area contributed by atoms with Crippen molar-refractivity contribution in [1.29, 1.82) is 0 Å². The van der Waals surface area contributed by atoms with Crippen LogP contribution in [0.4, 0.5) is 0 Å². The van der Waals surface area contributed by atoms with Crippen LogP contribution < -0.4 is 4.74 Å². The molecule has 0 unspecified atom stereocenters. The number of pyridine rings is 1. The Hall–Kier alpha value is -1.35. The Kier molecular flexibility index (Phi) is 11.2. The second-order valence-electron chi connectivity index (χ2n) is 6.60. The molecule has 0 amide bonds. The molecular formula is C21H32ClNO2. The van der Waals surface area contributed by atoms with Crippen LogP contribution in [0.3, 0.4) is 0 Å². The molecule has 1 aromatic heterocycles. The van der Waals surface area contributed by atoms with Crippen molar-refractivity contribution in [3.8, 4) is 5.75 Å². The third kappa shape index (κ3) is 8.53. The quantitative estimate of drug-likeness (QED) is 0.171. The molecule has 140 valence electrons. The summed E-state index contributed by atoms with van der Waals surface area (Å²) in [6.07, 6.45) is 16.4. The van der Waals surface area contributed by atoms with Crippen LogP contribution in [0.25, 0.3) is 0 Å². The Bertz CT molecular complexity index is 543. The highest BCUT2D eigenvalue weighted by atomic mass is 35.5. The number of ether oxygens (including phenoxy) is 1. The lowest BCUT2D eigenvalue weighted by Gasteiger charge is -2.13. The normalized spacial score (nSPS) is 10.7. The van der Waals surface area contributed by atoms with Gasteiger partial charge < -0.3 is 4.74 Å². The van der Waals surface area contributed by atoms with E-state index in [1.807, 2.05) is 6.92 Å². The van der Waals surface area contributed by atoms with Gasteiger partial charge in [0.05, 0.1) is 0 Å². The highest BCUT2D eigenvalue weighted by Gasteiger charge is 2.15. The fourth-order valence-electron chi connectivity index (χ4n) is 2.91. The number of halogens is 1. The first-order valence-electron chi connectivity index (χ1n) is 9.58. The summed E-state index contributed by atoms with van der Waals surface area (Å²) < 4.78 is 5.37. The molecule has 0 aliphatic rings. The first-order valence-corrected chi connectivity index (χ1v) is 9.96. The number of aryl methyl sites for hydroxylation is 1. The van der Waals surface area contributed by atoms with Gasteiger partial charge in [0.15, 0.2) is 0 Å². The molecule has 3 nitrogen and oxygen atoms in total. The lowest BCUT2D eigenvalue weighted by Crippen LogP contribution is -2.08. The van der Waals surface area contributed by atoms with Crippen molar-refractivity contribution >= 4 is 17.6 Å². The van der Waals surface area contributed by atoms with Gasteiger partial charge in [0.25, 0.3) is 0 Å². The number of hydrogen-bond acceptors (Lipinski definition) is 3. The minimum Gasteiger partial charge on any atom is -0.423 e. The van der Waals surface area contributed by atoms with Crippen molar-refractivity contribution in [2.45, 2.75) is 84.5 Å². The van der Waals surface area contributed by atoms with Crippen LogP contribution in [0.1, 0.15) is 82.3 Å². The van der Waals surface area contributed by atoms with Crippen molar-refractivity contribution in [3.05, 3.63) is 35.1 Å². The first kappa shape index (κ1) is 21.7. The van der Waals surface area contributed by atoms with Crippen molar-refractivity contribution in [1.82, 2.24) is 4.98 Å². The summed E-state index contributed by atoms with van der Waals surface area (Å²) in [5.41, 5.74) is 1.65. The van der Waals surface area contributed by atoms with E-state index in [4.69, 9.17) is 16.3 Å². The molecule has 0 saturated heterocycles. The number of carbonyl (C=O) groups excluding carboxylic acids is 1. The predicted molar refractivity (Wildman–Crippen MR) is 105 cm³/mol. The minimum atomic E-state index is -0.463. The van der Waals surface area contributed by atoms with E-state index < -0.39 is 5.97 Å². The molecule has 0 spiro atoms. The summed E-state index contributed by atoms with van der Waals surface area (Å²) in [6.45, 7) is 7.56. The second-order valence-corrected chi connectivity index (χ2v) is 6.95. The molecule has 0 N–H and O–H groups in total. The highest BCUT2D eigenvalue weighted by Crippen LogP contribution is 2.30. The summed E-state index contributed by atoms with van der Waals surface area (Å²) in [5.74, 6) is 0.0792.